The molecule has 0 aromatic carbocycles. The number of nitrogens with one attached hydrogen (secondary N) is 1. The van der Waals surface area contributed by atoms with Gasteiger partial charge in [-0.2, -0.15) is 0 Å². The van der Waals surface area contributed by atoms with Gasteiger partial charge in [0.05, 0.1) is 20.1 Å². The predicted molar refractivity (Wildman–Crippen MR) is 80.1 cm³/mol. The molecule has 1 N–H and O–H groups in total. The molecular weight excluding hydrogens is 290 g/mol. The van der Waals surface area contributed by atoms with Crippen LogP contribution in [-0.2, 0) is 25.5 Å². The van der Waals surface area contributed by atoms with Gasteiger partial charge in [0, 0.05) is 17.5 Å². The highest BCUT2D eigenvalue weighted by Gasteiger charge is 2.24. The van der Waals surface area contributed by atoms with Gasteiger partial charge in [-0.3, -0.25) is 4.79 Å². The zero-order chi connectivity index (χ0) is 15.1. The van der Waals surface area contributed by atoms with E-state index in [4.69, 9.17) is 4.74 Å². The van der Waals surface area contributed by atoms with Crippen molar-refractivity contribution in [2.24, 2.45) is 0 Å². The Balaban J connectivity index is 1.71. The summed E-state index contributed by atoms with van der Waals surface area (Å²) in [6, 6.07) is 2.10. The molecule has 0 spiro atoms. The standard InChI is InChI=1S/C15H19NO4S/c1-19-14(18)4-2-3-7-16-13(17)10-12-15-11(5-8-20-12)6-9-21-15/h2,4,6,9,12H,3,5,7-8,10H2,1H3,(H,16,17)/b4-2+. The van der Waals surface area contributed by atoms with E-state index in [9.17, 15) is 9.59 Å². The third kappa shape index (κ3) is 4.68. The molecule has 2 rings (SSSR count). The maximum atomic E-state index is 11.9. The molecule has 1 atom stereocenters. The van der Waals surface area contributed by atoms with Gasteiger partial charge in [0.25, 0.3) is 0 Å². The van der Waals surface area contributed by atoms with Crippen molar-refractivity contribution in [1.82, 2.24) is 5.32 Å². The normalized spacial score (nSPS) is 17.5. The van der Waals surface area contributed by atoms with Crippen LogP contribution in [0, 0.1) is 0 Å². The number of ether oxygens (including phenoxy) is 2. The molecule has 0 fully saturated rings. The molecule has 0 aliphatic carbocycles. The fraction of sp³-hybridized carbons (Fsp3) is 0.467. The first kappa shape index (κ1) is 15.7. The van der Waals surface area contributed by atoms with Crippen LogP contribution < -0.4 is 5.32 Å². The summed E-state index contributed by atoms with van der Waals surface area (Å²) in [5.41, 5.74) is 1.30. The van der Waals surface area contributed by atoms with Crippen molar-refractivity contribution in [2.75, 3.05) is 20.3 Å². The smallest absolute Gasteiger partial charge is 0.330 e. The molecule has 0 radical (unpaired) electrons. The number of methoxy groups -OCH3 is 1. The van der Waals surface area contributed by atoms with Gasteiger partial charge >= 0.3 is 5.97 Å². The number of thiophene rings is 1. The van der Waals surface area contributed by atoms with E-state index in [-0.39, 0.29) is 18.0 Å². The number of amides is 1. The number of carbonyl (C=O) groups excluding carboxylic acids is 2. The number of fused-ring (bicyclic) bond motifs is 1. The Morgan fingerprint density at radius 1 is 1.57 bits per heavy atom. The minimum absolute atomic E-state index is 0.0345. The number of esters is 1. The van der Waals surface area contributed by atoms with Crippen molar-refractivity contribution in [1.29, 1.82) is 0 Å². The van der Waals surface area contributed by atoms with Crippen molar-refractivity contribution in [3.8, 4) is 0 Å². The monoisotopic (exact) mass is 309 g/mol. The van der Waals surface area contributed by atoms with Crippen LogP contribution >= 0.6 is 11.3 Å². The topological polar surface area (TPSA) is 64.6 Å². The highest BCUT2D eigenvalue weighted by atomic mass is 32.1. The van der Waals surface area contributed by atoms with E-state index in [2.05, 4.69) is 16.1 Å². The zero-order valence-electron chi connectivity index (χ0n) is 12.0. The predicted octanol–water partition coefficient (Wildman–Crippen LogP) is 1.99. The molecule has 21 heavy (non-hydrogen) atoms. The van der Waals surface area contributed by atoms with E-state index >= 15 is 0 Å². The Morgan fingerprint density at radius 2 is 2.43 bits per heavy atom. The number of hydrogen-bond acceptors (Lipinski definition) is 5. The quantitative estimate of drug-likeness (QED) is 0.496. The average Bonchev–Trinajstić information content (AvgIpc) is 2.96. The summed E-state index contributed by atoms with van der Waals surface area (Å²) < 4.78 is 10.2. The first-order chi connectivity index (χ1) is 10.2. The largest absolute Gasteiger partial charge is 0.466 e. The van der Waals surface area contributed by atoms with Gasteiger partial charge < -0.3 is 14.8 Å². The fourth-order valence-electron chi connectivity index (χ4n) is 2.16. The third-order valence-corrected chi connectivity index (χ3v) is 4.27. The van der Waals surface area contributed by atoms with Crippen LogP contribution in [0.3, 0.4) is 0 Å². The summed E-state index contributed by atoms with van der Waals surface area (Å²) in [6.07, 6.45) is 4.77. The van der Waals surface area contributed by atoms with Gasteiger partial charge in [-0.05, 0) is 29.9 Å². The lowest BCUT2D eigenvalue weighted by atomic mass is 10.1. The Hall–Kier alpha value is -1.66. The van der Waals surface area contributed by atoms with Gasteiger partial charge in [-0.15, -0.1) is 11.3 Å². The molecule has 5 nitrogen and oxygen atoms in total. The zero-order valence-corrected chi connectivity index (χ0v) is 12.8. The molecule has 1 aromatic rings. The lowest BCUT2D eigenvalue weighted by Gasteiger charge is -2.22. The first-order valence-corrected chi connectivity index (χ1v) is 7.77. The fourth-order valence-corrected chi connectivity index (χ4v) is 3.16. The summed E-state index contributed by atoms with van der Waals surface area (Å²) in [6.45, 7) is 1.17. The van der Waals surface area contributed by atoms with Crippen molar-refractivity contribution < 1.29 is 19.1 Å². The number of hydrogen-bond donors (Lipinski definition) is 1. The van der Waals surface area contributed by atoms with Crippen LogP contribution in [0.5, 0.6) is 0 Å². The van der Waals surface area contributed by atoms with E-state index in [1.807, 2.05) is 5.38 Å². The molecule has 1 aliphatic rings. The molecule has 2 heterocycles. The minimum atomic E-state index is -0.387. The molecule has 114 valence electrons. The second-order valence-corrected chi connectivity index (χ2v) is 5.64. The van der Waals surface area contributed by atoms with Crippen molar-refractivity contribution in [2.45, 2.75) is 25.4 Å². The van der Waals surface area contributed by atoms with Gasteiger partial charge in [-0.1, -0.05) is 6.08 Å². The van der Waals surface area contributed by atoms with E-state index in [0.29, 0.717) is 26.0 Å². The maximum absolute atomic E-state index is 11.9. The van der Waals surface area contributed by atoms with Crippen LogP contribution in [-0.4, -0.2) is 32.1 Å². The highest BCUT2D eigenvalue weighted by Crippen LogP contribution is 2.33. The first-order valence-electron chi connectivity index (χ1n) is 6.89. The number of carbonyl (C=O) groups is 2. The molecule has 0 bridgehead atoms. The van der Waals surface area contributed by atoms with Crippen LogP contribution in [0.2, 0.25) is 0 Å². The second kappa shape index (κ2) is 7.95. The van der Waals surface area contributed by atoms with Crippen molar-refractivity contribution in [3.05, 3.63) is 34.0 Å². The van der Waals surface area contributed by atoms with E-state index < -0.39 is 0 Å². The molecule has 0 saturated heterocycles. The SMILES string of the molecule is COC(=O)/C=C/CCNC(=O)CC1OCCc2ccsc21. The van der Waals surface area contributed by atoms with E-state index in [1.165, 1.54) is 23.6 Å². The average molecular weight is 309 g/mol. The molecule has 1 aliphatic heterocycles. The summed E-state index contributed by atoms with van der Waals surface area (Å²) in [7, 11) is 1.33. The molecule has 1 aromatic heterocycles. The summed E-state index contributed by atoms with van der Waals surface area (Å²) in [5.74, 6) is -0.421. The van der Waals surface area contributed by atoms with Crippen LogP contribution in [0.15, 0.2) is 23.6 Å². The molecule has 1 unspecified atom stereocenters. The Kier molecular flexibility index (Phi) is 5.95. The highest BCUT2D eigenvalue weighted by molar-refractivity contribution is 7.10. The van der Waals surface area contributed by atoms with Gasteiger partial charge in [0.1, 0.15) is 6.10 Å². The van der Waals surface area contributed by atoms with Gasteiger partial charge in [-0.25, -0.2) is 4.79 Å². The number of rotatable bonds is 6. The second-order valence-electron chi connectivity index (χ2n) is 4.69. The van der Waals surface area contributed by atoms with E-state index in [1.54, 1.807) is 17.4 Å². The maximum Gasteiger partial charge on any atom is 0.330 e. The lowest BCUT2D eigenvalue weighted by Crippen LogP contribution is -2.27. The molecule has 1 amide bonds. The summed E-state index contributed by atoms with van der Waals surface area (Å²) in [4.78, 5) is 23.9. The molecular formula is C15H19NO4S. The third-order valence-electron chi connectivity index (χ3n) is 3.22. The van der Waals surface area contributed by atoms with E-state index in [0.717, 1.165) is 6.42 Å². The lowest BCUT2D eigenvalue weighted by molar-refractivity contribution is -0.134. The Bertz CT molecular complexity index is 523. The summed E-state index contributed by atoms with van der Waals surface area (Å²) in [5, 5.41) is 4.87. The van der Waals surface area contributed by atoms with Gasteiger partial charge in [0.2, 0.25) is 5.91 Å². The van der Waals surface area contributed by atoms with Crippen LogP contribution in [0.25, 0.3) is 0 Å². The Labute approximate surface area is 127 Å². The van der Waals surface area contributed by atoms with Crippen molar-refractivity contribution >= 4 is 23.2 Å². The molecule has 6 heteroatoms. The van der Waals surface area contributed by atoms with Gasteiger partial charge in [0.15, 0.2) is 0 Å². The minimum Gasteiger partial charge on any atom is -0.466 e. The van der Waals surface area contributed by atoms with Crippen molar-refractivity contribution in [3.63, 3.8) is 0 Å². The van der Waals surface area contributed by atoms with Crippen LogP contribution in [0.1, 0.15) is 29.4 Å². The van der Waals surface area contributed by atoms with Crippen LogP contribution in [0.4, 0.5) is 0 Å². The molecule has 0 saturated carbocycles. The summed E-state index contributed by atoms with van der Waals surface area (Å²) >= 11 is 1.65. The Morgan fingerprint density at radius 3 is 3.24 bits per heavy atom.